The van der Waals surface area contributed by atoms with Crippen LogP contribution in [0.25, 0.3) is 0 Å². The van der Waals surface area contributed by atoms with E-state index in [4.69, 9.17) is 6.15 Å². The summed E-state index contributed by atoms with van der Waals surface area (Å²) in [5.74, 6) is 0. The summed E-state index contributed by atoms with van der Waals surface area (Å²) in [4.78, 5) is 0. The van der Waals surface area contributed by atoms with Gasteiger partial charge in [0.1, 0.15) is 0 Å². The second-order valence-electron chi connectivity index (χ2n) is 8.14. The SMILES string of the molecule is CCCCCCC[O][Sn]([O]CCCCCCC)([C](F)(F)C(F)CC)[C](F)(F)C(F)CC. The van der Waals surface area contributed by atoms with Crippen LogP contribution in [0.2, 0.25) is 0 Å². The molecule has 0 aliphatic carbocycles. The molecule has 0 saturated heterocycles. The summed E-state index contributed by atoms with van der Waals surface area (Å²) in [7, 11) is 0. The van der Waals surface area contributed by atoms with Crippen LogP contribution in [0.5, 0.6) is 0 Å². The predicted octanol–water partition coefficient (Wildman–Crippen LogP) is 8.25. The van der Waals surface area contributed by atoms with E-state index in [1.54, 1.807) is 0 Å². The van der Waals surface area contributed by atoms with E-state index < -0.39 is 65.5 Å². The Kier molecular flexibility index (Phi) is 16.2. The van der Waals surface area contributed by atoms with Crippen molar-refractivity contribution in [2.45, 2.75) is 125 Å². The molecule has 188 valence electrons. The summed E-state index contributed by atoms with van der Waals surface area (Å²) in [5, 5.41) is 0. The Morgan fingerprint density at radius 1 is 0.581 bits per heavy atom. The van der Waals surface area contributed by atoms with Gasteiger partial charge in [0.15, 0.2) is 0 Å². The van der Waals surface area contributed by atoms with Gasteiger partial charge in [0.25, 0.3) is 0 Å². The molecule has 2 atom stereocenters. The molecule has 0 aromatic heterocycles. The third-order valence-electron chi connectivity index (χ3n) is 5.49. The monoisotopic (exact) mass is 572 g/mol. The van der Waals surface area contributed by atoms with Gasteiger partial charge in [-0.2, -0.15) is 0 Å². The molecular weight excluding hydrogens is 529 g/mol. The molecule has 0 N–H and O–H groups in total. The van der Waals surface area contributed by atoms with Crippen LogP contribution in [0.15, 0.2) is 0 Å². The summed E-state index contributed by atoms with van der Waals surface area (Å²) < 4.78 is 90.9. The Bertz CT molecular complexity index is 414. The van der Waals surface area contributed by atoms with E-state index >= 15 is 17.6 Å². The van der Waals surface area contributed by atoms with Crippen molar-refractivity contribution in [2.75, 3.05) is 13.2 Å². The van der Waals surface area contributed by atoms with Crippen molar-refractivity contribution in [2.24, 2.45) is 0 Å². The number of hydrogen-bond acceptors (Lipinski definition) is 2. The standard InChI is InChI=1S/2C7H15O.2C4H6F3.Sn/c2*1-2-3-4-5-6-7-8;2*1-2-3(5)4(6)7;/h2*2-7H2,1H3;2*3H,2H2,1H3;/q2*-1;;;+2. The maximum absolute atomic E-state index is 15.2. The maximum atomic E-state index is 15.2. The molecule has 0 aromatic carbocycles. The van der Waals surface area contributed by atoms with Crippen LogP contribution in [0.3, 0.4) is 0 Å². The van der Waals surface area contributed by atoms with Crippen LogP contribution in [-0.4, -0.2) is 52.6 Å². The van der Waals surface area contributed by atoms with Gasteiger partial charge in [-0.15, -0.1) is 0 Å². The van der Waals surface area contributed by atoms with Crippen molar-refractivity contribution < 1.29 is 32.5 Å². The fourth-order valence-corrected chi connectivity index (χ4v) is 13.1. The van der Waals surface area contributed by atoms with E-state index in [1.165, 1.54) is 0 Å². The average Bonchev–Trinajstić information content (AvgIpc) is 2.75. The second-order valence-corrected chi connectivity index (χ2v) is 17.1. The molecule has 31 heavy (non-hydrogen) atoms. The number of unbranched alkanes of at least 4 members (excludes halogenated alkanes) is 8. The zero-order chi connectivity index (χ0) is 24.0. The molecule has 0 aliphatic heterocycles. The van der Waals surface area contributed by atoms with Gasteiger partial charge < -0.3 is 0 Å². The zero-order valence-corrected chi connectivity index (χ0v) is 22.5. The first-order valence-corrected chi connectivity index (χ1v) is 17.1. The van der Waals surface area contributed by atoms with Gasteiger partial charge in [-0.25, -0.2) is 0 Å². The molecule has 0 aromatic rings. The van der Waals surface area contributed by atoms with E-state index in [0.29, 0.717) is 12.8 Å². The first-order chi connectivity index (χ1) is 14.6. The van der Waals surface area contributed by atoms with Gasteiger partial charge in [-0.3, -0.25) is 0 Å². The molecular formula is C22H42F6O2Sn. The van der Waals surface area contributed by atoms with Gasteiger partial charge in [-0.1, -0.05) is 0 Å². The van der Waals surface area contributed by atoms with E-state index in [-0.39, 0.29) is 12.8 Å². The summed E-state index contributed by atoms with van der Waals surface area (Å²) in [6.45, 7) is 5.52. The first kappa shape index (κ1) is 31.3. The fraction of sp³-hybridized carbons (Fsp3) is 1.00. The normalized spacial score (nSPS) is 15.3. The molecule has 2 nitrogen and oxygen atoms in total. The van der Waals surface area contributed by atoms with Crippen LogP contribution < -0.4 is 0 Å². The minimum atomic E-state index is -6.99. The van der Waals surface area contributed by atoms with Gasteiger partial charge in [-0.05, 0) is 0 Å². The average molecular weight is 571 g/mol. The zero-order valence-electron chi connectivity index (χ0n) is 19.6. The van der Waals surface area contributed by atoms with Crippen molar-refractivity contribution in [1.29, 1.82) is 0 Å². The first-order valence-electron chi connectivity index (χ1n) is 11.9. The minimum absolute atomic E-state index is 0.275. The molecule has 0 spiro atoms. The van der Waals surface area contributed by atoms with Crippen molar-refractivity contribution in [3.8, 4) is 0 Å². The molecule has 2 unspecified atom stereocenters. The Hall–Kier alpha value is 0.299. The summed E-state index contributed by atoms with van der Waals surface area (Å²) in [6, 6.07) is 0. The summed E-state index contributed by atoms with van der Waals surface area (Å²) >= 11 is -6.99. The molecule has 0 saturated carbocycles. The number of hydrogen-bond donors (Lipinski definition) is 0. The Morgan fingerprint density at radius 2 is 0.903 bits per heavy atom. The molecule has 0 aliphatic rings. The van der Waals surface area contributed by atoms with Gasteiger partial charge in [0, 0.05) is 0 Å². The van der Waals surface area contributed by atoms with E-state index in [1.807, 2.05) is 13.8 Å². The molecule has 0 radical (unpaired) electrons. The fourth-order valence-electron chi connectivity index (χ4n) is 3.42. The van der Waals surface area contributed by atoms with Gasteiger partial charge in [0.2, 0.25) is 0 Å². The molecule has 0 bridgehead atoms. The van der Waals surface area contributed by atoms with E-state index in [0.717, 1.165) is 52.4 Å². The van der Waals surface area contributed by atoms with E-state index in [9.17, 15) is 8.78 Å². The molecule has 0 heterocycles. The topological polar surface area (TPSA) is 18.5 Å². The summed E-state index contributed by atoms with van der Waals surface area (Å²) in [5.41, 5.74) is 0. The second kappa shape index (κ2) is 16.0. The van der Waals surface area contributed by atoms with Crippen LogP contribution in [0.1, 0.15) is 105 Å². The van der Waals surface area contributed by atoms with Crippen molar-refractivity contribution in [1.82, 2.24) is 0 Å². The van der Waals surface area contributed by atoms with Crippen molar-refractivity contribution >= 4 is 19.2 Å². The van der Waals surface area contributed by atoms with Crippen molar-refractivity contribution in [3.63, 3.8) is 0 Å². The Morgan fingerprint density at radius 3 is 1.19 bits per heavy atom. The van der Waals surface area contributed by atoms with Crippen LogP contribution in [-0.2, 0) is 6.15 Å². The van der Waals surface area contributed by atoms with Gasteiger partial charge >= 0.3 is 190 Å². The third-order valence-corrected chi connectivity index (χ3v) is 15.8. The van der Waals surface area contributed by atoms with E-state index in [2.05, 4.69) is 0 Å². The quantitative estimate of drug-likeness (QED) is 0.0833. The van der Waals surface area contributed by atoms with Gasteiger partial charge in [0.05, 0.1) is 0 Å². The molecule has 0 amide bonds. The number of halogens is 6. The third kappa shape index (κ3) is 8.87. The Labute approximate surface area is 189 Å². The van der Waals surface area contributed by atoms with Crippen LogP contribution in [0.4, 0.5) is 26.3 Å². The van der Waals surface area contributed by atoms with Crippen LogP contribution >= 0.6 is 0 Å². The number of alkyl halides is 6. The van der Waals surface area contributed by atoms with Crippen LogP contribution in [0, 0.1) is 0 Å². The summed E-state index contributed by atoms with van der Waals surface area (Å²) in [6.07, 6.45) is 0.110. The Balaban J connectivity index is 5.76. The predicted molar refractivity (Wildman–Crippen MR) is 115 cm³/mol. The molecule has 0 rings (SSSR count). The molecule has 0 fully saturated rings. The van der Waals surface area contributed by atoms with Crippen molar-refractivity contribution in [3.05, 3.63) is 0 Å². The number of rotatable bonds is 20. The molecule has 9 heteroatoms.